The van der Waals surface area contributed by atoms with Crippen molar-refractivity contribution in [2.75, 3.05) is 16.8 Å². The highest BCUT2D eigenvalue weighted by Crippen LogP contribution is 2.22. The molecule has 7 heteroatoms. The van der Waals surface area contributed by atoms with Crippen molar-refractivity contribution in [1.29, 1.82) is 0 Å². The van der Waals surface area contributed by atoms with E-state index in [1.54, 1.807) is 12.1 Å². The first-order valence-corrected chi connectivity index (χ1v) is 11.2. The summed E-state index contributed by atoms with van der Waals surface area (Å²) in [6.45, 7) is 4.03. The molecule has 0 aliphatic heterocycles. The number of carbonyl (C=O) groups excluding carboxylic acids is 1. The van der Waals surface area contributed by atoms with Crippen molar-refractivity contribution < 1.29 is 13.2 Å². The van der Waals surface area contributed by atoms with Crippen LogP contribution in [0.4, 0.5) is 5.69 Å². The minimum atomic E-state index is -3.37. The Hall–Kier alpha value is -2.67. The minimum Gasteiger partial charge on any atom is -0.325 e. The normalized spacial score (nSPS) is 11.6. The Morgan fingerprint density at radius 2 is 1.89 bits per heavy atom. The van der Waals surface area contributed by atoms with Crippen LogP contribution in [0.15, 0.2) is 48.8 Å². The number of imidazole rings is 1. The quantitative estimate of drug-likeness (QED) is 0.583. The van der Waals surface area contributed by atoms with E-state index >= 15 is 0 Å². The van der Waals surface area contributed by atoms with Gasteiger partial charge in [-0.1, -0.05) is 38.0 Å². The summed E-state index contributed by atoms with van der Waals surface area (Å²) in [6.07, 6.45) is 6.30. The molecule has 3 rings (SSSR count). The number of carbonyl (C=O) groups is 1. The van der Waals surface area contributed by atoms with Crippen LogP contribution in [0.1, 0.15) is 31.7 Å². The number of aryl methyl sites for hydroxylation is 1. The first-order chi connectivity index (χ1) is 13.4. The Kier molecular flexibility index (Phi) is 6.14. The van der Waals surface area contributed by atoms with Crippen molar-refractivity contribution >= 4 is 27.1 Å². The Morgan fingerprint density at radius 1 is 1.14 bits per heavy atom. The maximum absolute atomic E-state index is 12.1. The van der Waals surface area contributed by atoms with Gasteiger partial charge in [0, 0.05) is 23.6 Å². The van der Waals surface area contributed by atoms with Crippen molar-refractivity contribution in [1.82, 2.24) is 9.38 Å². The summed E-state index contributed by atoms with van der Waals surface area (Å²) in [6, 6.07) is 11.2. The molecule has 2 heterocycles. The van der Waals surface area contributed by atoms with Crippen molar-refractivity contribution in [3.63, 3.8) is 0 Å². The molecule has 28 heavy (non-hydrogen) atoms. The highest BCUT2D eigenvalue weighted by atomic mass is 32.2. The Morgan fingerprint density at radius 3 is 2.57 bits per heavy atom. The van der Waals surface area contributed by atoms with Gasteiger partial charge in [0.05, 0.1) is 11.4 Å². The number of rotatable bonds is 8. The lowest BCUT2D eigenvalue weighted by Gasteiger charge is -2.07. The zero-order valence-electron chi connectivity index (χ0n) is 16.2. The molecule has 6 nitrogen and oxygen atoms in total. The molecule has 2 aromatic heterocycles. The van der Waals surface area contributed by atoms with E-state index in [-0.39, 0.29) is 5.75 Å². The number of nitrogens with zero attached hydrogens (tertiary/aromatic N) is 2. The van der Waals surface area contributed by atoms with Gasteiger partial charge in [-0.05, 0) is 37.1 Å². The number of anilines is 1. The topological polar surface area (TPSA) is 80.5 Å². The Bertz CT molecular complexity index is 1070. The Balaban J connectivity index is 1.65. The third-order valence-electron chi connectivity index (χ3n) is 4.55. The van der Waals surface area contributed by atoms with Crippen molar-refractivity contribution in [2.24, 2.45) is 0 Å². The fourth-order valence-electron chi connectivity index (χ4n) is 3.06. The molecule has 1 amide bonds. The fourth-order valence-corrected chi connectivity index (χ4v) is 4.32. The summed E-state index contributed by atoms with van der Waals surface area (Å²) in [5.41, 5.74) is 4.33. The molecule has 0 saturated carbocycles. The summed E-state index contributed by atoms with van der Waals surface area (Å²) in [4.78, 5) is 16.7. The maximum Gasteiger partial charge on any atom is 0.239 e. The van der Waals surface area contributed by atoms with E-state index in [1.807, 2.05) is 54.9 Å². The average Bonchev–Trinajstić information content (AvgIpc) is 3.07. The number of amides is 1. The summed E-state index contributed by atoms with van der Waals surface area (Å²) < 4.78 is 25.9. The molecule has 0 fully saturated rings. The SMILES string of the molecule is CCCCCS(=O)(=O)CC(=O)Nc1ccc(-c2cn3cccc(C)c3n2)cc1. The van der Waals surface area contributed by atoms with Crippen molar-refractivity contribution in [2.45, 2.75) is 33.1 Å². The lowest BCUT2D eigenvalue weighted by atomic mass is 10.1. The van der Waals surface area contributed by atoms with Gasteiger partial charge in [0.2, 0.25) is 5.91 Å². The number of benzene rings is 1. The summed E-state index contributed by atoms with van der Waals surface area (Å²) in [5.74, 6) is -0.933. The first-order valence-electron chi connectivity index (χ1n) is 9.43. The van der Waals surface area contributed by atoms with E-state index < -0.39 is 21.5 Å². The van der Waals surface area contributed by atoms with E-state index in [2.05, 4.69) is 10.3 Å². The van der Waals surface area contributed by atoms with Gasteiger partial charge in [-0.2, -0.15) is 0 Å². The molecule has 1 aromatic carbocycles. The number of unbranched alkanes of at least 4 members (excludes halogenated alkanes) is 2. The molecular weight excluding hydrogens is 374 g/mol. The molecule has 0 bridgehead atoms. The second kappa shape index (κ2) is 8.56. The van der Waals surface area contributed by atoms with E-state index in [0.29, 0.717) is 12.1 Å². The second-order valence-corrected chi connectivity index (χ2v) is 9.16. The van der Waals surface area contributed by atoms with Crippen LogP contribution >= 0.6 is 0 Å². The van der Waals surface area contributed by atoms with Crippen LogP contribution in [0.25, 0.3) is 16.9 Å². The molecule has 0 spiro atoms. The molecule has 0 aliphatic carbocycles. The second-order valence-electron chi connectivity index (χ2n) is 6.97. The number of pyridine rings is 1. The van der Waals surface area contributed by atoms with Crippen LogP contribution in [0, 0.1) is 6.92 Å². The minimum absolute atomic E-state index is 0.0561. The molecule has 0 unspecified atom stereocenters. The maximum atomic E-state index is 12.1. The van der Waals surface area contributed by atoms with Gasteiger partial charge in [0.15, 0.2) is 9.84 Å². The van der Waals surface area contributed by atoms with Gasteiger partial charge in [0.1, 0.15) is 11.4 Å². The van der Waals surface area contributed by atoms with Crippen molar-refractivity contribution in [3.05, 3.63) is 54.4 Å². The van der Waals surface area contributed by atoms with Gasteiger partial charge in [-0.15, -0.1) is 0 Å². The van der Waals surface area contributed by atoms with Crippen LogP contribution in [-0.2, 0) is 14.6 Å². The van der Waals surface area contributed by atoms with Crippen molar-refractivity contribution in [3.8, 4) is 11.3 Å². The Labute approximate surface area is 165 Å². The van der Waals surface area contributed by atoms with Gasteiger partial charge in [-0.25, -0.2) is 13.4 Å². The van der Waals surface area contributed by atoms with Crippen LogP contribution < -0.4 is 5.32 Å². The number of nitrogens with one attached hydrogen (secondary N) is 1. The van der Waals surface area contributed by atoms with Crippen LogP contribution in [0.3, 0.4) is 0 Å². The van der Waals surface area contributed by atoms with Gasteiger partial charge >= 0.3 is 0 Å². The first kappa shape index (κ1) is 20.1. The number of sulfone groups is 1. The highest BCUT2D eigenvalue weighted by Gasteiger charge is 2.16. The van der Waals surface area contributed by atoms with E-state index in [9.17, 15) is 13.2 Å². The zero-order chi connectivity index (χ0) is 20.1. The predicted molar refractivity (Wildman–Crippen MR) is 112 cm³/mol. The van der Waals surface area contributed by atoms with Crippen LogP contribution in [-0.4, -0.2) is 35.2 Å². The number of aromatic nitrogens is 2. The third-order valence-corrected chi connectivity index (χ3v) is 6.16. The molecule has 3 aromatic rings. The number of fused-ring (bicyclic) bond motifs is 1. The molecule has 0 radical (unpaired) electrons. The lowest BCUT2D eigenvalue weighted by molar-refractivity contribution is -0.113. The molecule has 0 atom stereocenters. The number of hydrogen-bond donors (Lipinski definition) is 1. The summed E-state index contributed by atoms with van der Waals surface area (Å²) in [5, 5.41) is 2.66. The molecule has 0 aliphatic rings. The molecule has 0 saturated heterocycles. The lowest BCUT2D eigenvalue weighted by Crippen LogP contribution is -2.24. The van der Waals surface area contributed by atoms with Gasteiger partial charge < -0.3 is 9.72 Å². The highest BCUT2D eigenvalue weighted by molar-refractivity contribution is 7.92. The van der Waals surface area contributed by atoms with Crippen LogP contribution in [0.2, 0.25) is 0 Å². The molecular formula is C21H25N3O3S. The molecule has 1 N–H and O–H groups in total. The van der Waals surface area contributed by atoms with Gasteiger partial charge in [0.25, 0.3) is 0 Å². The summed E-state index contributed by atoms with van der Waals surface area (Å²) >= 11 is 0. The van der Waals surface area contributed by atoms with Crippen LogP contribution in [0.5, 0.6) is 0 Å². The number of hydrogen-bond acceptors (Lipinski definition) is 4. The smallest absolute Gasteiger partial charge is 0.239 e. The monoisotopic (exact) mass is 399 g/mol. The third kappa shape index (κ3) is 4.98. The largest absolute Gasteiger partial charge is 0.325 e. The predicted octanol–water partition coefficient (Wildman–Crippen LogP) is 3.85. The molecule has 148 valence electrons. The standard InChI is InChI=1S/C21H25N3O3S/c1-3-4-5-13-28(26,27)15-20(25)22-18-10-8-17(9-11-18)19-14-24-12-6-7-16(2)21(24)23-19/h6-12,14H,3-5,13,15H2,1-2H3,(H,22,25). The average molecular weight is 400 g/mol. The van der Waals surface area contributed by atoms with E-state index in [4.69, 9.17) is 0 Å². The van der Waals surface area contributed by atoms with E-state index in [1.165, 1.54) is 0 Å². The fraction of sp³-hybridized carbons (Fsp3) is 0.333. The zero-order valence-corrected chi connectivity index (χ0v) is 17.0. The summed E-state index contributed by atoms with van der Waals surface area (Å²) in [7, 11) is -3.37. The van der Waals surface area contributed by atoms with Gasteiger partial charge in [-0.3, -0.25) is 4.79 Å². The van der Waals surface area contributed by atoms with E-state index in [0.717, 1.165) is 35.3 Å².